The van der Waals surface area contributed by atoms with Crippen molar-refractivity contribution >= 4 is 0 Å². The Hall–Kier alpha value is -1.81. The monoisotopic (exact) mass is 272 g/mol. The number of aromatic nitrogens is 1. The highest BCUT2D eigenvalue weighted by molar-refractivity contribution is 5.37. The Morgan fingerprint density at radius 1 is 1.30 bits per heavy atom. The summed E-state index contributed by atoms with van der Waals surface area (Å²) in [6.45, 7) is 5.28. The van der Waals surface area contributed by atoms with Gasteiger partial charge in [-0.05, 0) is 32.8 Å². The molecule has 1 saturated carbocycles. The van der Waals surface area contributed by atoms with Gasteiger partial charge in [-0.15, -0.1) is 0 Å². The van der Waals surface area contributed by atoms with Crippen molar-refractivity contribution in [1.82, 2.24) is 10.5 Å². The van der Waals surface area contributed by atoms with E-state index in [2.05, 4.69) is 29.5 Å². The van der Waals surface area contributed by atoms with E-state index in [-0.39, 0.29) is 0 Å². The highest BCUT2D eigenvalue weighted by Crippen LogP contribution is 2.24. The van der Waals surface area contributed by atoms with Gasteiger partial charge in [-0.2, -0.15) is 0 Å². The van der Waals surface area contributed by atoms with Crippen LogP contribution in [0.15, 0.2) is 28.8 Å². The van der Waals surface area contributed by atoms with Gasteiger partial charge in [0.15, 0.2) is 5.76 Å². The van der Waals surface area contributed by atoms with Crippen molar-refractivity contribution in [2.75, 3.05) is 0 Å². The molecule has 1 heterocycles. The van der Waals surface area contributed by atoms with E-state index in [1.54, 1.807) is 0 Å². The molecule has 0 atom stereocenters. The molecule has 4 heteroatoms. The van der Waals surface area contributed by atoms with Crippen molar-refractivity contribution < 1.29 is 9.26 Å². The summed E-state index contributed by atoms with van der Waals surface area (Å²) in [5.74, 6) is 1.67. The Bertz CT molecular complexity index is 588. The summed E-state index contributed by atoms with van der Waals surface area (Å²) in [4.78, 5) is 0. The molecule has 0 bridgehead atoms. The topological polar surface area (TPSA) is 47.3 Å². The Balaban J connectivity index is 1.66. The van der Waals surface area contributed by atoms with Gasteiger partial charge in [0.1, 0.15) is 12.4 Å². The summed E-state index contributed by atoms with van der Waals surface area (Å²) >= 11 is 0. The molecule has 106 valence electrons. The van der Waals surface area contributed by atoms with Crippen LogP contribution in [0.1, 0.15) is 35.4 Å². The summed E-state index contributed by atoms with van der Waals surface area (Å²) in [7, 11) is 0. The lowest BCUT2D eigenvalue weighted by Crippen LogP contribution is -2.16. The molecule has 3 rings (SSSR count). The Morgan fingerprint density at radius 2 is 2.15 bits per heavy atom. The van der Waals surface area contributed by atoms with Crippen LogP contribution < -0.4 is 10.1 Å². The van der Waals surface area contributed by atoms with E-state index in [1.165, 1.54) is 24.0 Å². The largest absolute Gasteiger partial charge is 0.485 e. The van der Waals surface area contributed by atoms with Crippen LogP contribution in [0.4, 0.5) is 0 Å². The second-order valence-corrected chi connectivity index (χ2v) is 5.49. The van der Waals surface area contributed by atoms with E-state index in [9.17, 15) is 0 Å². The molecule has 20 heavy (non-hydrogen) atoms. The van der Waals surface area contributed by atoms with Crippen LogP contribution in [-0.2, 0) is 13.2 Å². The molecule has 1 aliphatic rings. The normalized spacial score (nSPS) is 14.5. The first-order chi connectivity index (χ1) is 9.70. The lowest BCUT2D eigenvalue weighted by atomic mass is 10.1. The minimum Gasteiger partial charge on any atom is -0.485 e. The number of ether oxygens (including phenoxy) is 1. The number of rotatable bonds is 6. The third kappa shape index (κ3) is 3.39. The zero-order valence-electron chi connectivity index (χ0n) is 12.0. The molecule has 1 aliphatic carbocycles. The van der Waals surface area contributed by atoms with E-state index < -0.39 is 0 Å². The molecule has 2 aromatic rings. The summed E-state index contributed by atoms with van der Waals surface area (Å²) < 4.78 is 11.0. The van der Waals surface area contributed by atoms with Gasteiger partial charge in [0.05, 0.1) is 5.69 Å². The number of benzene rings is 1. The lowest BCUT2D eigenvalue weighted by Gasteiger charge is -2.12. The molecule has 1 N–H and O–H groups in total. The van der Waals surface area contributed by atoms with Crippen LogP contribution in [0.2, 0.25) is 0 Å². The fraction of sp³-hybridized carbons (Fsp3) is 0.438. The minimum absolute atomic E-state index is 0.417. The lowest BCUT2D eigenvalue weighted by molar-refractivity contribution is 0.246. The number of nitrogens with one attached hydrogen (secondary N) is 1. The summed E-state index contributed by atoms with van der Waals surface area (Å²) in [6, 6.07) is 8.87. The SMILES string of the molecule is Cc1ccc(OCc2cc(C)no2)c(CNC2CC2)c1. The molecule has 1 aromatic heterocycles. The van der Waals surface area contributed by atoms with Crippen molar-refractivity contribution in [3.8, 4) is 5.75 Å². The van der Waals surface area contributed by atoms with Crippen LogP contribution in [-0.4, -0.2) is 11.2 Å². The molecule has 0 amide bonds. The van der Waals surface area contributed by atoms with E-state index in [0.29, 0.717) is 12.6 Å². The predicted molar refractivity (Wildman–Crippen MR) is 76.6 cm³/mol. The van der Waals surface area contributed by atoms with Gasteiger partial charge >= 0.3 is 0 Å². The second-order valence-electron chi connectivity index (χ2n) is 5.49. The fourth-order valence-corrected chi connectivity index (χ4v) is 2.16. The van der Waals surface area contributed by atoms with Gasteiger partial charge in [0.25, 0.3) is 0 Å². The number of hydrogen-bond acceptors (Lipinski definition) is 4. The van der Waals surface area contributed by atoms with Crippen LogP contribution in [0.5, 0.6) is 5.75 Å². The zero-order valence-corrected chi connectivity index (χ0v) is 12.0. The van der Waals surface area contributed by atoms with E-state index in [1.807, 2.05) is 19.1 Å². The zero-order chi connectivity index (χ0) is 13.9. The average molecular weight is 272 g/mol. The second kappa shape index (κ2) is 5.67. The maximum absolute atomic E-state index is 5.87. The summed E-state index contributed by atoms with van der Waals surface area (Å²) in [5, 5.41) is 7.39. The Morgan fingerprint density at radius 3 is 2.85 bits per heavy atom. The highest BCUT2D eigenvalue weighted by atomic mass is 16.5. The number of aryl methyl sites for hydroxylation is 2. The van der Waals surface area contributed by atoms with Crippen LogP contribution >= 0.6 is 0 Å². The van der Waals surface area contributed by atoms with Crippen LogP contribution in [0.25, 0.3) is 0 Å². The average Bonchev–Trinajstić information content (AvgIpc) is 3.17. The minimum atomic E-state index is 0.417. The van der Waals surface area contributed by atoms with Crippen molar-refractivity contribution in [2.24, 2.45) is 0 Å². The van der Waals surface area contributed by atoms with Crippen LogP contribution in [0.3, 0.4) is 0 Å². The molecular formula is C16H20N2O2. The van der Waals surface area contributed by atoms with Gasteiger partial charge in [-0.1, -0.05) is 22.9 Å². The molecule has 1 aromatic carbocycles. The van der Waals surface area contributed by atoms with E-state index in [4.69, 9.17) is 9.26 Å². The molecule has 4 nitrogen and oxygen atoms in total. The molecule has 0 spiro atoms. The van der Waals surface area contributed by atoms with Crippen molar-refractivity contribution in [3.63, 3.8) is 0 Å². The quantitative estimate of drug-likeness (QED) is 0.877. The summed E-state index contributed by atoms with van der Waals surface area (Å²) in [6.07, 6.45) is 2.58. The first-order valence-corrected chi connectivity index (χ1v) is 7.08. The Labute approximate surface area is 119 Å². The smallest absolute Gasteiger partial charge is 0.174 e. The van der Waals surface area contributed by atoms with Gasteiger partial charge < -0.3 is 14.6 Å². The third-order valence-electron chi connectivity index (χ3n) is 3.42. The number of hydrogen-bond donors (Lipinski definition) is 1. The standard InChI is InChI=1S/C16H20N2O2/c1-11-3-6-16(13(7-11)9-17-14-4-5-14)19-10-15-8-12(2)18-20-15/h3,6-8,14,17H,4-5,9-10H2,1-2H3. The highest BCUT2D eigenvalue weighted by Gasteiger charge is 2.20. The van der Waals surface area contributed by atoms with E-state index >= 15 is 0 Å². The van der Waals surface area contributed by atoms with Crippen molar-refractivity contribution in [3.05, 3.63) is 46.8 Å². The maximum atomic E-state index is 5.87. The van der Waals surface area contributed by atoms with Gasteiger partial charge in [-0.3, -0.25) is 0 Å². The van der Waals surface area contributed by atoms with Crippen molar-refractivity contribution in [1.29, 1.82) is 0 Å². The molecular weight excluding hydrogens is 252 g/mol. The predicted octanol–water partition coefficient (Wildman–Crippen LogP) is 3.12. The molecule has 0 aliphatic heterocycles. The molecule has 0 unspecified atom stereocenters. The fourth-order valence-electron chi connectivity index (χ4n) is 2.16. The maximum Gasteiger partial charge on any atom is 0.174 e. The van der Waals surface area contributed by atoms with Gasteiger partial charge in [0, 0.05) is 24.2 Å². The number of nitrogens with zero attached hydrogens (tertiary/aromatic N) is 1. The van der Waals surface area contributed by atoms with E-state index in [0.717, 1.165) is 23.7 Å². The van der Waals surface area contributed by atoms with Gasteiger partial charge in [0.2, 0.25) is 0 Å². The Kier molecular flexibility index (Phi) is 3.74. The van der Waals surface area contributed by atoms with Crippen LogP contribution in [0, 0.1) is 13.8 Å². The van der Waals surface area contributed by atoms with Gasteiger partial charge in [-0.25, -0.2) is 0 Å². The first-order valence-electron chi connectivity index (χ1n) is 7.08. The third-order valence-corrected chi connectivity index (χ3v) is 3.42. The molecule has 1 fully saturated rings. The molecule has 0 saturated heterocycles. The summed E-state index contributed by atoms with van der Waals surface area (Å²) in [5.41, 5.74) is 3.33. The first kappa shape index (κ1) is 13.2. The molecule has 0 radical (unpaired) electrons. The van der Waals surface area contributed by atoms with Crippen molar-refractivity contribution in [2.45, 2.75) is 45.9 Å².